The Morgan fingerprint density at radius 2 is 1.23 bits per heavy atom. The van der Waals surface area contributed by atoms with Crippen molar-refractivity contribution in [2.45, 2.75) is 0 Å². The second-order valence-electron chi connectivity index (χ2n) is 6.69. The van der Waals surface area contributed by atoms with Gasteiger partial charge in [0.2, 0.25) is 0 Å². The molecule has 4 aromatic carbocycles. The first kappa shape index (κ1) is 20.3. The molecular weight excluding hydrogens is 408 g/mol. The molecule has 0 aliphatic carbocycles. The predicted octanol–water partition coefficient (Wildman–Crippen LogP) is 6.74. The second-order valence-corrected chi connectivity index (χ2v) is 7.13. The molecule has 152 valence electrons. The van der Waals surface area contributed by atoms with Crippen LogP contribution >= 0.6 is 11.6 Å². The lowest BCUT2D eigenvalue weighted by Crippen LogP contribution is -2.03. The Balaban J connectivity index is 0.00000112. The highest BCUT2D eigenvalue weighted by atomic mass is 35.5. The molecule has 5 aromatic rings. The Morgan fingerprint density at radius 1 is 0.645 bits per heavy atom. The summed E-state index contributed by atoms with van der Waals surface area (Å²) in [6.45, 7) is 2.00. The number of anilines is 4. The molecule has 2 N–H and O–H groups in total. The molecule has 0 saturated carbocycles. The van der Waals surface area contributed by atoms with Crippen LogP contribution < -0.4 is 10.6 Å². The van der Waals surface area contributed by atoms with Gasteiger partial charge >= 0.3 is 0 Å². The SMILES string of the molecule is C=O.Clc1ccc(Nc2nc3ccccc3nc2Nc2cccc3ccccc23)cc1. The zero-order valence-electron chi connectivity index (χ0n) is 16.5. The fourth-order valence-electron chi connectivity index (χ4n) is 3.31. The highest BCUT2D eigenvalue weighted by Crippen LogP contribution is 2.31. The number of nitrogens with one attached hydrogen (secondary N) is 2. The third kappa shape index (κ3) is 4.47. The molecule has 0 amide bonds. The summed E-state index contributed by atoms with van der Waals surface area (Å²) in [7, 11) is 0. The molecule has 31 heavy (non-hydrogen) atoms. The van der Waals surface area contributed by atoms with Gasteiger partial charge in [-0.1, -0.05) is 60.1 Å². The van der Waals surface area contributed by atoms with Crippen molar-refractivity contribution in [3.05, 3.63) is 96.0 Å². The minimum atomic E-state index is 0.652. The third-order valence-electron chi connectivity index (χ3n) is 4.72. The van der Waals surface area contributed by atoms with Gasteiger partial charge in [0.1, 0.15) is 6.79 Å². The van der Waals surface area contributed by atoms with Gasteiger partial charge in [0.05, 0.1) is 11.0 Å². The zero-order chi connectivity index (χ0) is 21.6. The van der Waals surface area contributed by atoms with E-state index in [4.69, 9.17) is 26.4 Å². The number of halogens is 1. The maximum Gasteiger partial charge on any atom is 0.174 e. The van der Waals surface area contributed by atoms with Gasteiger partial charge in [0.15, 0.2) is 11.6 Å². The number of carbonyl (C=O) groups excluding carboxylic acids is 1. The molecule has 0 aliphatic rings. The summed E-state index contributed by atoms with van der Waals surface area (Å²) in [6.07, 6.45) is 0. The first-order valence-electron chi connectivity index (χ1n) is 9.59. The van der Waals surface area contributed by atoms with E-state index >= 15 is 0 Å². The number of rotatable bonds is 4. The number of carbonyl (C=O) groups is 1. The molecule has 0 fully saturated rings. The number of hydrogen-bond donors (Lipinski definition) is 2. The molecule has 1 aromatic heterocycles. The smallest absolute Gasteiger partial charge is 0.174 e. The van der Waals surface area contributed by atoms with Gasteiger partial charge in [0, 0.05) is 21.8 Å². The molecular formula is C25H19ClN4O. The summed E-state index contributed by atoms with van der Waals surface area (Å²) in [4.78, 5) is 17.6. The van der Waals surface area contributed by atoms with Crippen LogP contribution in [0.1, 0.15) is 0 Å². The first-order chi connectivity index (χ1) is 15.3. The normalized spacial score (nSPS) is 10.4. The summed E-state index contributed by atoms with van der Waals surface area (Å²) in [5.41, 5.74) is 3.52. The van der Waals surface area contributed by atoms with E-state index in [-0.39, 0.29) is 0 Å². The Labute approximate surface area is 184 Å². The first-order valence-corrected chi connectivity index (χ1v) is 9.97. The van der Waals surface area contributed by atoms with Gasteiger partial charge in [-0.2, -0.15) is 0 Å². The lowest BCUT2D eigenvalue weighted by Gasteiger charge is -2.15. The standard InChI is InChI=1S/C24H17ClN4.CH2O/c25-17-12-14-18(15-13-17)26-23-24(29-22-10-4-3-9-21(22)28-23)27-20-11-5-7-16-6-1-2-8-19(16)20;1-2/h1-15H,(H,26,28)(H,27,29);1H2. The van der Waals surface area contributed by atoms with E-state index in [1.807, 2.05) is 79.6 Å². The van der Waals surface area contributed by atoms with Crippen molar-refractivity contribution in [3.8, 4) is 0 Å². The zero-order valence-corrected chi connectivity index (χ0v) is 17.3. The maximum absolute atomic E-state index is 8.00. The van der Waals surface area contributed by atoms with Crippen molar-refractivity contribution in [2.24, 2.45) is 0 Å². The number of hydrogen-bond acceptors (Lipinski definition) is 5. The number of nitrogens with zero attached hydrogens (tertiary/aromatic N) is 2. The molecule has 5 nitrogen and oxygen atoms in total. The van der Waals surface area contributed by atoms with Crippen LogP contribution in [0.2, 0.25) is 5.02 Å². The van der Waals surface area contributed by atoms with Crippen LogP contribution in [0.15, 0.2) is 91.0 Å². The molecule has 0 atom stereocenters. The van der Waals surface area contributed by atoms with Crippen LogP contribution in [0.25, 0.3) is 21.8 Å². The largest absolute Gasteiger partial charge is 0.337 e. The third-order valence-corrected chi connectivity index (χ3v) is 4.97. The summed E-state index contributed by atoms with van der Waals surface area (Å²) in [6, 6.07) is 29.8. The summed E-state index contributed by atoms with van der Waals surface area (Å²) >= 11 is 6.02. The van der Waals surface area contributed by atoms with Gasteiger partial charge in [-0.15, -0.1) is 0 Å². The number of aromatic nitrogens is 2. The Bertz CT molecular complexity index is 1330. The number of para-hydroxylation sites is 2. The molecule has 0 unspecified atom stereocenters. The van der Waals surface area contributed by atoms with E-state index in [2.05, 4.69) is 28.8 Å². The summed E-state index contributed by atoms with van der Waals surface area (Å²) in [5.74, 6) is 1.31. The molecule has 0 bridgehead atoms. The van der Waals surface area contributed by atoms with Crippen molar-refractivity contribution in [2.75, 3.05) is 10.6 Å². The van der Waals surface area contributed by atoms with E-state index in [1.165, 1.54) is 5.39 Å². The monoisotopic (exact) mass is 426 g/mol. The van der Waals surface area contributed by atoms with Crippen LogP contribution in [0, 0.1) is 0 Å². The van der Waals surface area contributed by atoms with Gasteiger partial charge in [-0.05, 0) is 47.9 Å². The van der Waals surface area contributed by atoms with E-state index in [0.717, 1.165) is 27.8 Å². The van der Waals surface area contributed by atoms with Crippen molar-refractivity contribution >= 4 is 63.2 Å². The molecule has 0 aliphatic heterocycles. The Kier molecular flexibility index (Phi) is 6.05. The van der Waals surface area contributed by atoms with Gasteiger partial charge < -0.3 is 15.4 Å². The highest BCUT2D eigenvalue weighted by molar-refractivity contribution is 6.30. The van der Waals surface area contributed by atoms with Gasteiger partial charge in [0.25, 0.3) is 0 Å². The highest BCUT2D eigenvalue weighted by Gasteiger charge is 2.11. The summed E-state index contributed by atoms with van der Waals surface area (Å²) in [5, 5.41) is 9.82. The topological polar surface area (TPSA) is 66.9 Å². The Morgan fingerprint density at radius 3 is 1.94 bits per heavy atom. The second kappa shape index (κ2) is 9.24. The maximum atomic E-state index is 8.00. The summed E-state index contributed by atoms with van der Waals surface area (Å²) < 4.78 is 0. The van der Waals surface area contributed by atoms with Crippen molar-refractivity contribution in [1.29, 1.82) is 0 Å². The van der Waals surface area contributed by atoms with Crippen molar-refractivity contribution in [3.63, 3.8) is 0 Å². The van der Waals surface area contributed by atoms with Gasteiger partial charge in [-0.25, -0.2) is 9.97 Å². The van der Waals surface area contributed by atoms with E-state index in [0.29, 0.717) is 16.7 Å². The molecule has 0 saturated heterocycles. The van der Waals surface area contributed by atoms with Crippen LogP contribution in [-0.2, 0) is 4.79 Å². The van der Waals surface area contributed by atoms with Crippen molar-refractivity contribution in [1.82, 2.24) is 9.97 Å². The Hall–Kier alpha value is -3.96. The lowest BCUT2D eigenvalue weighted by atomic mass is 10.1. The van der Waals surface area contributed by atoms with Crippen molar-refractivity contribution < 1.29 is 4.79 Å². The number of benzene rings is 4. The van der Waals surface area contributed by atoms with Crippen LogP contribution in [0.3, 0.4) is 0 Å². The van der Waals surface area contributed by atoms with Crippen LogP contribution in [0.5, 0.6) is 0 Å². The fourth-order valence-corrected chi connectivity index (χ4v) is 3.43. The fraction of sp³-hybridized carbons (Fsp3) is 0. The predicted molar refractivity (Wildman–Crippen MR) is 129 cm³/mol. The molecule has 0 radical (unpaired) electrons. The molecule has 0 spiro atoms. The molecule has 1 heterocycles. The lowest BCUT2D eigenvalue weighted by molar-refractivity contribution is -0.0979. The average Bonchev–Trinajstić information content (AvgIpc) is 2.82. The van der Waals surface area contributed by atoms with Crippen LogP contribution in [0.4, 0.5) is 23.0 Å². The molecule has 6 heteroatoms. The van der Waals surface area contributed by atoms with E-state index < -0.39 is 0 Å². The minimum Gasteiger partial charge on any atom is -0.337 e. The van der Waals surface area contributed by atoms with E-state index in [9.17, 15) is 0 Å². The average molecular weight is 427 g/mol. The molecule has 5 rings (SSSR count). The number of fused-ring (bicyclic) bond motifs is 2. The quantitative estimate of drug-likeness (QED) is 0.333. The van der Waals surface area contributed by atoms with E-state index in [1.54, 1.807) is 0 Å². The van der Waals surface area contributed by atoms with Crippen LogP contribution in [-0.4, -0.2) is 16.8 Å². The van der Waals surface area contributed by atoms with Gasteiger partial charge in [-0.3, -0.25) is 0 Å². The minimum absolute atomic E-state index is 0.652.